The number of aromatic nitrogens is 1. The molecule has 0 aliphatic carbocycles. The first-order valence-electron chi connectivity index (χ1n) is 8.15. The van der Waals surface area contributed by atoms with Gasteiger partial charge < -0.3 is 25.4 Å². The van der Waals surface area contributed by atoms with Crippen LogP contribution in [-0.2, 0) is 14.3 Å². The summed E-state index contributed by atoms with van der Waals surface area (Å²) in [4.78, 5) is 39.4. The molecule has 1 heterocycles. The van der Waals surface area contributed by atoms with Crippen molar-refractivity contribution in [1.29, 1.82) is 0 Å². The fourth-order valence-corrected chi connectivity index (χ4v) is 2.78. The van der Waals surface area contributed by atoms with Crippen molar-refractivity contribution in [3.63, 3.8) is 0 Å². The van der Waals surface area contributed by atoms with E-state index in [0.717, 1.165) is 0 Å². The van der Waals surface area contributed by atoms with E-state index in [4.69, 9.17) is 9.47 Å². The number of hydrogen-bond donors (Lipinski definition) is 3. The Balaban J connectivity index is 1.94. The van der Waals surface area contributed by atoms with Crippen LogP contribution in [0.25, 0.3) is 0 Å². The lowest BCUT2D eigenvalue weighted by Crippen LogP contribution is -2.21. The zero-order valence-corrected chi connectivity index (χ0v) is 16.2. The highest BCUT2D eigenvalue weighted by Crippen LogP contribution is 2.27. The van der Waals surface area contributed by atoms with E-state index < -0.39 is 18.5 Å². The summed E-state index contributed by atoms with van der Waals surface area (Å²) < 4.78 is 10.2. The second kappa shape index (κ2) is 10.1. The van der Waals surface area contributed by atoms with E-state index in [-0.39, 0.29) is 11.6 Å². The molecule has 2 rings (SSSR count). The van der Waals surface area contributed by atoms with Crippen LogP contribution in [-0.4, -0.2) is 43.0 Å². The van der Waals surface area contributed by atoms with Crippen LogP contribution in [0.3, 0.4) is 0 Å². The predicted octanol–water partition coefficient (Wildman–Crippen LogP) is 2.50. The Labute approximate surface area is 165 Å². The Morgan fingerprint density at radius 1 is 1.29 bits per heavy atom. The number of anilines is 3. The van der Waals surface area contributed by atoms with Gasteiger partial charge in [-0.1, -0.05) is 6.08 Å². The summed E-state index contributed by atoms with van der Waals surface area (Å²) in [6.07, 6.45) is 1.67. The van der Waals surface area contributed by atoms with E-state index in [0.29, 0.717) is 28.8 Å². The fraction of sp³-hybridized carbons (Fsp3) is 0.222. The van der Waals surface area contributed by atoms with Crippen molar-refractivity contribution >= 4 is 45.6 Å². The summed E-state index contributed by atoms with van der Waals surface area (Å²) in [6.45, 7) is 4.97. The molecule has 2 aromatic rings. The van der Waals surface area contributed by atoms with E-state index >= 15 is 0 Å². The largest absolute Gasteiger partial charge is 0.495 e. The predicted molar refractivity (Wildman–Crippen MR) is 107 cm³/mol. The SMILES string of the molecule is C=CCNc1nc(C(=O)OCC(=O)Nc2cc(NC(C)=O)ccc2OC)cs1. The molecule has 0 saturated carbocycles. The minimum Gasteiger partial charge on any atom is -0.495 e. The number of methoxy groups -OCH3 is 1. The second-order valence-corrected chi connectivity index (χ2v) is 6.29. The third kappa shape index (κ3) is 6.09. The molecular formula is C18H20N4O5S. The number of amides is 2. The number of carbonyl (C=O) groups is 3. The van der Waals surface area contributed by atoms with Gasteiger partial charge in [-0.15, -0.1) is 17.9 Å². The first-order valence-corrected chi connectivity index (χ1v) is 9.03. The van der Waals surface area contributed by atoms with Gasteiger partial charge in [-0.3, -0.25) is 9.59 Å². The topological polar surface area (TPSA) is 119 Å². The molecule has 28 heavy (non-hydrogen) atoms. The second-order valence-electron chi connectivity index (χ2n) is 5.43. The van der Waals surface area contributed by atoms with Gasteiger partial charge >= 0.3 is 5.97 Å². The van der Waals surface area contributed by atoms with E-state index in [9.17, 15) is 14.4 Å². The summed E-state index contributed by atoms with van der Waals surface area (Å²) in [6, 6.07) is 4.77. The Morgan fingerprint density at radius 3 is 2.75 bits per heavy atom. The van der Waals surface area contributed by atoms with Crippen molar-refractivity contribution in [3.8, 4) is 5.75 Å². The molecule has 0 unspecified atom stereocenters. The van der Waals surface area contributed by atoms with Crippen LogP contribution in [0.2, 0.25) is 0 Å². The molecule has 2 amide bonds. The molecule has 1 aromatic heterocycles. The highest BCUT2D eigenvalue weighted by molar-refractivity contribution is 7.13. The highest BCUT2D eigenvalue weighted by Gasteiger charge is 2.15. The van der Waals surface area contributed by atoms with Gasteiger partial charge in [0.15, 0.2) is 17.4 Å². The standard InChI is InChI=1S/C18H20N4O5S/c1-4-7-19-18-22-14(10-28-18)17(25)27-9-16(24)21-13-8-12(20-11(2)23)5-6-15(13)26-3/h4-6,8,10H,1,7,9H2,2-3H3,(H,19,22)(H,20,23)(H,21,24). The van der Waals surface area contributed by atoms with E-state index in [2.05, 4.69) is 27.5 Å². The van der Waals surface area contributed by atoms with Crippen LogP contribution in [0, 0.1) is 0 Å². The van der Waals surface area contributed by atoms with Crippen molar-refractivity contribution in [2.24, 2.45) is 0 Å². The van der Waals surface area contributed by atoms with Crippen molar-refractivity contribution < 1.29 is 23.9 Å². The number of thiazole rings is 1. The summed E-state index contributed by atoms with van der Waals surface area (Å²) in [5.74, 6) is -1.13. The Hall–Kier alpha value is -3.40. The normalized spacial score (nSPS) is 9.93. The van der Waals surface area contributed by atoms with Crippen LogP contribution >= 0.6 is 11.3 Å². The van der Waals surface area contributed by atoms with Crippen LogP contribution < -0.4 is 20.7 Å². The smallest absolute Gasteiger partial charge is 0.358 e. The number of carbonyl (C=O) groups excluding carboxylic acids is 3. The molecule has 1 aromatic carbocycles. The van der Waals surface area contributed by atoms with Crippen LogP contribution in [0.1, 0.15) is 17.4 Å². The minimum atomic E-state index is -0.711. The molecule has 0 atom stereocenters. The summed E-state index contributed by atoms with van der Waals surface area (Å²) in [7, 11) is 1.45. The Bertz CT molecular complexity index is 881. The van der Waals surface area contributed by atoms with Gasteiger partial charge in [0.1, 0.15) is 5.75 Å². The van der Waals surface area contributed by atoms with Gasteiger partial charge in [0.25, 0.3) is 5.91 Å². The average molecular weight is 404 g/mol. The molecule has 0 aliphatic rings. The van der Waals surface area contributed by atoms with Gasteiger partial charge in [0.2, 0.25) is 5.91 Å². The van der Waals surface area contributed by atoms with Crippen molar-refractivity contribution in [2.45, 2.75) is 6.92 Å². The Kier molecular flexibility index (Phi) is 7.52. The van der Waals surface area contributed by atoms with E-state index in [1.807, 2.05) is 0 Å². The number of hydrogen-bond acceptors (Lipinski definition) is 8. The van der Waals surface area contributed by atoms with Crippen molar-refractivity contribution in [1.82, 2.24) is 4.98 Å². The quantitative estimate of drug-likeness (QED) is 0.434. The maximum absolute atomic E-state index is 12.1. The average Bonchev–Trinajstić information content (AvgIpc) is 3.13. The first kappa shape index (κ1) is 20.9. The molecule has 0 aliphatic heterocycles. The Morgan fingerprint density at radius 2 is 2.07 bits per heavy atom. The molecule has 0 fully saturated rings. The summed E-state index contributed by atoms with van der Waals surface area (Å²) in [5, 5.41) is 10.2. The van der Waals surface area contributed by atoms with Crippen molar-refractivity contribution in [2.75, 3.05) is 36.2 Å². The lowest BCUT2D eigenvalue weighted by Gasteiger charge is -2.12. The lowest BCUT2D eigenvalue weighted by atomic mass is 10.2. The van der Waals surface area contributed by atoms with Gasteiger partial charge in [0, 0.05) is 24.5 Å². The number of nitrogens with zero attached hydrogens (tertiary/aromatic N) is 1. The number of rotatable bonds is 9. The van der Waals surface area contributed by atoms with Gasteiger partial charge in [-0.2, -0.15) is 0 Å². The molecule has 0 radical (unpaired) electrons. The monoisotopic (exact) mass is 404 g/mol. The zero-order valence-electron chi connectivity index (χ0n) is 15.4. The van der Waals surface area contributed by atoms with Gasteiger partial charge in [-0.25, -0.2) is 9.78 Å². The minimum absolute atomic E-state index is 0.106. The van der Waals surface area contributed by atoms with E-state index in [1.165, 1.54) is 36.8 Å². The molecule has 0 spiro atoms. The van der Waals surface area contributed by atoms with E-state index in [1.54, 1.807) is 18.2 Å². The number of esters is 1. The summed E-state index contributed by atoms with van der Waals surface area (Å²) in [5.41, 5.74) is 0.927. The third-order valence-corrected chi connectivity index (χ3v) is 4.04. The van der Waals surface area contributed by atoms with Gasteiger partial charge in [0.05, 0.1) is 12.8 Å². The molecule has 10 heteroatoms. The fourth-order valence-electron chi connectivity index (χ4n) is 2.09. The van der Waals surface area contributed by atoms with Crippen molar-refractivity contribution in [3.05, 3.63) is 41.9 Å². The molecule has 9 nitrogen and oxygen atoms in total. The van der Waals surface area contributed by atoms with Crippen LogP contribution in [0.4, 0.5) is 16.5 Å². The first-order chi connectivity index (χ1) is 13.4. The maximum Gasteiger partial charge on any atom is 0.358 e. The highest BCUT2D eigenvalue weighted by atomic mass is 32.1. The summed E-state index contributed by atoms with van der Waals surface area (Å²) >= 11 is 1.24. The third-order valence-electron chi connectivity index (χ3n) is 3.24. The van der Waals surface area contributed by atoms with Gasteiger partial charge in [-0.05, 0) is 18.2 Å². The lowest BCUT2D eigenvalue weighted by molar-refractivity contribution is -0.119. The van der Waals surface area contributed by atoms with Crippen LogP contribution in [0.5, 0.6) is 5.75 Å². The number of ether oxygens (including phenoxy) is 2. The molecular weight excluding hydrogens is 384 g/mol. The molecule has 148 valence electrons. The molecule has 3 N–H and O–H groups in total. The van der Waals surface area contributed by atoms with Crippen LogP contribution in [0.15, 0.2) is 36.2 Å². The maximum atomic E-state index is 12.1. The molecule has 0 saturated heterocycles. The number of benzene rings is 1. The number of nitrogens with one attached hydrogen (secondary N) is 3. The zero-order chi connectivity index (χ0) is 20.5. The molecule has 0 bridgehead atoms.